The van der Waals surface area contributed by atoms with Gasteiger partial charge in [0.1, 0.15) is 17.3 Å². The van der Waals surface area contributed by atoms with Crippen molar-refractivity contribution in [2.75, 3.05) is 19.0 Å². The van der Waals surface area contributed by atoms with E-state index in [1.807, 2.05) is 0 Å². The largest absolute Gasteiger partial charge is 0.441 e. The van der Waals surface area contributed by atoms with Crippen LogP contribution < -0.4 is 10.6 Å². The number of hydrogen-bond acceptors (Lipinski definition) is 8. The molecule has 4 rings (SSSR count). The van der Waals surface area contributed by atoms with Gasteiger partial charge in [0.2, 0.25) is 0 Å². The van der Waals surface area contributed by atoms with Crippen LogP contribution in [0.1, 0.15) is 43.5 Å². The summed E-state index contributed by atoms with van der Waals surface area (Å²) in [6.45, 7) is 3.56. The summed E-state index contributed by atoms with van der Waals surface area (Å²) < 4.78 is 58.4. The van der Waals surface area contributed by atoms with Gasteiger partial charge in [-0.15, -0.1) is 0 Å². The van der Waals surface area contributed by atoms with Crippen LogP contribution in [0.15, 0.2) is 18.3 Å². The molecule has 1 aliphatic rings. The lowest BCUT2D eigenvalue weighted by Gasteiger charge is -2.16. The van der Waals surface area contributed by atoms with E-state index in [4.69, 9.17) is 14.2 Å². The molecule has 1 aliphatic heterocycles. The molecule has 0 bridgehead atoms. The lowest BCUT2D eigenvalue weighted by Crippen LogP contribution is -2.36. The Morgan fingerprint density at radius 2 is 2.18 bits per heavy atom. The minimum absolute atomic E-state index is 0.0846. The predicted molar refractivity (Wildman–Crippen MR) is 113 cm³/mol. The van der Waals surface area contributed by atoms with Gasteiger partial charge in [0.25, 0.3) is 6.43 Å². The number of H-pyrrole nitrogens is 1. The number of halogens is 3. The van der Waals surface area contributed by atoms with Crippen LogP contribution in [0.5, 0.6) is 0 Å². The number of methoxy groups -OCH3 is 1. The third kappa shape index (κ3) is 5.07. The number of hydrogen-bond donors (Lipinski definition) is 3. The molecule has 4 heterocycles. The van der Waals surface area contributed by atoms with Gasteiger partial charge in [-0.3, -0.25) is 5.10 Å². The summed E-state index contributed by atoms with van der Waals surface area (Å²) >= 11 is 0. The molecule has 184 valence electrons. The Kier molecular flexibility index (Phi) is 6.88. The number of alkyl carbamates (subject to hydrolysis) is 1. The average molecular weight is 483 g/mol. The van der Waals surface area contributed by atoms with Crippen molar-refractivity contribution >= 4 is 23.2 Å². The Hall–Kier alpha value is -3.39. The second-order valence-corrected chi connectivity index (χ2v) is 7.99. The molecule has 0 saturated carbocycles. The normalized spacial score (nSPS) is 20.4. The first-order valence-electron chi connectivity index (χ1n) is 10.5. The van der Waals surface area contributed by atoms with Gasteiger partial charge in [-0.25, -0.2) is 27.5 Å². The van der Waals surface area contributed by atoms with Crippen LogP contribution in [0, 0.1) is 0 Å². The number of carbonyl (C=O) groups is 1. The number of rotatable bonds is 8. The van der Waals surface area contributed by atoms with Crippen LogP contribution in [0.25, 0.3) is 5.52 Å². The number of alkyl halides is 3. The van der Waals surface area contributed by atoms with Crippen LogP contribution in [0.4, 0.5) is 29.6 Å². The first-order chi connectivity index (χ1) is 16.2. The van der Waals surface area contributed by atoms with E-state index < -0.39 is 36.6 Å². The van der Waals surface area contributed by atoms with Crippen LogP contribution in [0.2, 0.25) is 0 Å². The molecule has 0 unspecified atom stereocenters. The number of ether oxygens (including phenoxy) is 3. The maximum absolute atomic E-state index is 14.9. The van der Waals surface area contributed by atoms with Crippen molar-refractivity contribution in [2.45, 2.75) is 51.3 Å². The molecule has 3 atom stereocenters. The molecule has 1 amide bonds. The minimum Gasteiger partial charge on any atom is -0.441 e. The molecular weight excluding hydrogens is 459 g/mol. The van der Waals surface area contributed by atoms with E-state index in [-0.39, 0.29) is 36.6 Å². The third-order valence-corrected chi connectivity index (χ3v) is 4.94. The molecule has 11 nitrogen and oxygen atoms in total. The topological polar surface area (TPSA) is 128 Å². The van der Waals surface area contributed by atoms with Crippen LogP contribution in [0.3, 0.4) is 0 Å². The summed E-state index contributed by atoms with van der Waals surface area (Å²) in [6.07, 6.45) is -6.19. The number of amides is 1. The van der Waals surface area contributed by atoms with E-state index in [9.17, 15) is 18.0 Å². The highest BCUT2D eigenvalue weighted by molar-refractivity contribution is 5.72. The van der Waals surface area contributed by atoms with Gasteiger partial charge in [0, 0.05) is 19.2 Å². The molecule has 0 aliphatic carbocycles. The Balaban J connectivity index is 1.51. The highest BCUT2D eigenvalue weighted by Crippen LogP contribution is 2.34. The van der Waals surface area contributed by atoms with Crippen molar-refractivity contribution in [1.29, 1.82) is 0 Å². The van der Waals surface area contributed by atoms with Crippen molar-refractivity contribution in [1.82, 2.24) is 30.1 Å². The standard InChI is InChI=1S/C20H24F3N7O4/c1-9(2)24-20(31)34-14-8-33-17(16(14)21)11-5-15(28-27-11)26-19-13-4-10(7-32-3)29-30(13)6-12(25-19)18(22)23/h4-6,9,14,16-18H,7-8H2,1-3H3,(H,24,31)(H2,25,26,27,28)/t14-,16-,17-/m1/s1. The van der Waals surface area contributed by atoms with Crippen molar-refractivity contribution in [2.24, 2.45) is 0 Å². The van der Waals surface area contributed by atoms with E-state index in [1.165, 1.54) is 17.7 Å². The number of nitrogens with one attached hydrogen (secondary N) is 3. The molecule has 0 aromatic carbocycles. The summed E-state index contributed by atoms with van der Waals surface area (Å²) in [4.78, 5) is 15.7. The summed E-state index contributed by atoms with van der Waals surface area (Å²) in [5.41, 5.74) is 0.736. The summed E-state index contributed by atoms with van der Waals surface area (Å²) in [5.74, 6) is 0.282. The first kappa shape index (κ1) is 23.8. The molecule has 0 spiro atoms. The van der Waals surface area contributed by atoms with E-state index in [2.05, 4.69) is 30.9 Å². The fourth-order valence-electron chi connectivity index (χ4n) is 3.49. The molecule has 3 aromatic heterocycles. The molecule has 0 radical (unpaired) electrons. The molecule has 1 saturated heterocycles. The van der Waals surface area contributed by atoms with Gasteiger partial charge in [0.15, 0.2) is 23.9 Å². The van der Waals surface area contributed by atoms with Gasteiger partial charge in [-0.05, 0) is 19.9 Å². The predicted octanol–water partition coefficient (Wildman–Crippen LogP) is 3.19. The number of aromatic nitrogens is 5. The van der Waals surface area contributed by atoms with E-state index in [1.54, 1.807) is 19.9 Å². The summed E-state index contributed by atoms with van der Waals surface area (Å²) in [6, 6.07) is 2.95. The maximum Gasteiger partial charge on any atom is 0.407 e. The maximum atomic E-state index is 14.9. The Bertz CT molecular complexity index is 1150. The van der Waals surface area contributed by atoms with Crippen molar-refractivity contribution < 1.29 is 32.2 Å². The number of anilines is 2. The van der Waals surface area contributed by atoms with Crippen LogP contribution in [-0.2, 0) is 20.8 Å². The fraction of sp³-hybridized carbons (Fsp3) is 0.500. The van der Waals surface area contributed by atoms with Crippen molar-refractivity contribution in [3.05, 3.63) is 35.4 Å². The van der Waals surface area contributed by atoms with Gasteiger partial charge in [0.05, 0.1) is 30.8 Å². The highest BCUT2D eigenvalue weighted by Gasteiger charge is 2.42. The smallest absolute Gasteiger partial charge is 0.407 e. The lowest BCUT2D eigenvalue weighted by atomic mass is 10.1. The summed E-state index contributed by atoms with van der Waals surface area (Å²) in [7, 11) is 1.49. The second-order valence-electron chi connectivity index (χ2n) is 7.99. The molecule has 3 N–H and O–H groups in total. The number of carbonyl (C=O) groups excluding carboxylic acids is 1. The number of fused-ring (bicyclic) bond motifs is 1. The van der Waals surface area contributed by atoms with E-state index in [0.717, 1.165) is 6.20 Å². The van der Waals surface area contributed by atoms with E-state index >= 15 is 0 Å². The zero-order chi connectivity index (χ0) is 24.4. The zero-order valence-corrected chi connectivity index (χ0v) is 18.6. The molecule has 3 aromatic rings. The fourth-order valence-corrected chi connectivity index (χ4v) is 3.49. The quantitative estimate of drug-likeness (QED) is 0.446. The number of aromatic amines is 1. The molecule has 34 heavy (non-hydrogen) atoms. The van der Waals surface area contributed by atoms with E-state index in [0.29, 0.717) is 11.2 Å². The zero-order valence-electron chi connectivity index (χ0n) is 18.6. The lowest BCUT2D eigenvalue weighted by molar-refractivity contribution is 0.0615. The first-order valence-corrected chi connectivity index (χ1v) is 10.5. The minimum atomic E-state index is -2.82. The van der Waals surface area contributed by atoms with Gasteiger partial charge in [-0.1, -0.05) is 0 Å². The Morgan fingerprint density at radius 1 is 1.38 bits per heavy atom. The van der Waals surface area contributed by atoms with Gasteiger partial charge >= 0.3 is 6.09 Å². The van der Waals surface area contributed by atoms with Crippen molar-refractivity contribution in [3.8, 4) is 0 Å². The second kappa shape index (κ2) is 9.85. The highest BCUT2D eigenvalue weighted by atomic mass is 19.3. The number of nitrogens with zero attached hydrogens (tertiary/aromatic N) is 4. The van der Waals surface area contributed by atoms with Crippen molar-refractivity contribution in [3.63, 3.8) is 0 Å². The van der Waals surface area contributed by atoms with Crippen LogP contribution >= 0.6 is 0 Å². The average Bonchev–Trinajstić information content (AvgIpc) is 3.47. The third-order valence-electron chi connectivity index (χ3n) is 4.94. The van der Waals surface area contributed by atoms with Gasteiger partial charge in [-0.2, -0.15) is 10.2 Å². The monoisotopic (exact) mass is 483 g/mol. The summed E-state index contributed by atoms with van der Waals surface area (Å²) in [5, 5.41) is 16.3. The SMILES string of the molecule is COCc1cc2c(Nc3cc([C@H]4OC[C@@H](OC(=O)NC(C)C)[C@H]4F)[nH]n3)nc(C(F)F)cn2n1. The van der Waals surface area contributed by atoms with Gasteiger partial charge < -0.3 is 24.8 Å². The molecule has 14 heteroatoms. The molecular formula is C20H24F3N7O4. The Labute approximate surface area is 192 Å². The van der Waals surface area contributed by atoms with Crippen LogP contribution in [-0.4, -0.2) is 62.9 Å². The molecule has 1 fully saturated rings. The Morgan fingerprint density at radius 3 is 2.88 bits per heavy atom.